The summed E-state index contributed by atoms with van der Waals surface area (Å²) >= 11 is 0. The van der Waals surface area contributed by atoms with Gasteiger partial charge in [0.1, 0.15) is 6.54 Å². The van der Waals surface area contributed by atoms with Crippen molar-refractivity contribution in [2.24, 2.45) is 23.2 Å². The normalized spacial score (nSPS) is 31.4. The van der Waals surface area contributed by atoms with Gasteiger partial charge in [0.2, 0.25) is 11.8 Å². The Morgan fingerprint density at radius 2 is 1.47 bits per heavy atom. The van der Waals surface area contributed by atoms with E-state index in [0.29, 0.717) is 13.0 Å². The van der Waals surface area contributed by atoms with Crippen LogP contribution in [0.5, 0.6) is 0 Å². The Kier molecular flexibility index (Phi) is 6.54. The van der Waals surface area contributed by atoms with Crippen molar-refractivity contribution in [1.82, 2.24) is 10.6 Å². The minimum atomic E-state index is -0.0935. The van der Waals surface area contributed by atoms with E-state index < -0.39 is 0 Å². The van der Waals surface area contributed by atoms with Crippen LogP contribution in [-0.2, 0) is 22.7 Å². The molecule has 174 valence electrons. The summed E-state index contributed by atoms with van der Waals surface area (Å²) in [6.07, 6.45) is 12.5. The van der Waals surface area contributed by atoms with E-state index in [1.54, 1.807) is 4.90 Å². The van der Waals surface area contributed by atoms with E-state index in [-0.39, 0.29) is 23.8 Å². The van der Waals surface area contributed by atoms with Crippen LogP contribution in [0.15, 0.2) is 24.3 Å². The van der Waals surface area contributed by atoms with Crippen molar-refractivity contribution in [3.8, 4) is 0 Å². The number of carbonyl (C=O) groups is 2. The molecule has 5 nitrogen and oxygen atoms in total. The number of carbonyl (C=O) groups excluding carboxylic acids is 2. The zero-order chi connectivity index (χ0) is 22.0. The second-order valence-electron chi connectivity index (χ2n) is 11.4. The van der Waals surface area contributed by atoms with Crippen LogP contribution in [-0.4, -0.2) is 31.4 Å². The number of piperidine rings is 1. The average molecular weight is 439 g/mol. The molecule has 1 aromatic rings. The Balaban J connectivity index is 1.07. The van der Waals surface area contributed by atoms with Crippen LogP contribution in [0.25, 0.3) is 0 Å². The molecule has 0 aromatic heterocycles. The number of hydrogen-bond donors (Lipinski definition) is 3. The van der Waals surface area contributed by atoms with Gasteiger partial charge in [0.05, 0.1) is 19.6 Å². The van der Waals surface area contributed by atoms with Crippen molar-refractivity contribution in [3.63, 3.8) is 0 Å². The highest BCUT2D eigenvalue weighted by Gasteiger charge is 2.51. The lowest BCUT2D eigenvalue weighted by atomic mass is 9.49. The summed E-state index contributed by atoms with van der Waals surface area (Å²) < 4.78 is 0. The maximum absolute atomic E-state index is 12.7. The molecule has 0 spiro atoms. The van der Waals surface area contributed by atoms with Gasteiger partial charge >= 0.3 is 0 Å². The van der Waals surface area contributed by atoms with E-state index in [0.717, 1.165) is 24.3 Å². The molecule has 0 radical (unpaired) electrons. The largest absolute Gasteiger partial charge is 0.350 e. The van der Waals surface area contributed by atoms with Crippen molar-refractivity contribution in [2.45, 2.75) is 77.3 Å². The first-order valence-corrected chi connectivity index (χ1v) is 13.0. The molecule has 3 N–H and O–H groups in total. The number of rotatable bonds is 8. The highest BCUT2D eigenvalue weighted by Crippen LogP contribution is 2.61. The van der Waals surface area contributed by atoms with E-state index >= 15 is 0 Å². The minimum absolute atomic E-state index is 0.0659. The van der Waals surface area contributed by atoms with Gasteiger partial charge < -0.3 is 15.5 Å². The molecule has 5 aliphatic rings. The van der Waals surface area contributed by atoms with Crippen molar-refractivity contribution in [3.05, 3.63) is 35.4 Å². The third-order valence-corrected chi connectivity index (χ3v) is 8.74. The number of quaternary nitrogens is 1. The molecule has 1 heterocycles. The lowest BCUT2D eigenvalue weighted by Crippen LogP contribution is -3.11. The summed E-state index contributed by atoms with van der Waals surface area (Å²) in [7, 11) is 0. The second kappa shape index (κ2) is 9.54. The van der Waals surface area contributed by atoms with Gasteiger partial charge in [-0.2, -0.15) is 0 Å². The summed E-state index contributed by atoms with van der Waals surface area (Å²) in [6, 6.07) is 8.44. The Morgan fingerprint density at radius 1 is 0.844 bits per heavy atom. The Morgan fingerprint density at radius 3 is 2.12 bits per heavy atom. The summed E-state index contributed by atoms with van der Waals surface area (Å²) in [5.41, 5.74) is 2.75. The van der Waals surface area contributed by atoms with E-state index in [2.05, 4.69) is 28.8 Å². The van der Waals surface area contributed by atoms with Crippen molar-refractivity contribution >= 4 is 11.8 Å². The van der Waals surface area contributed by atoms with Crippen LogP contribution in [0.3, 0.4) is 0 Å². The van der Waals surface area contributed by atoms with Gasteiger partial charge in [-0.05, 0) is 86.5 Å². The summed E-state index contributed by atoms with van der Waals surface area (Å²) in [6.45, 7) is 4.15. The predicted octanol–water partition coefficient (Wildman–Crippen LogP) is 2.59. The van der Waals surface area contributed by atoms with Gasteiger partial charge in [0, 0.05) is 18.5 Å². The molecule has 4 saturated carbocycles. The molecular weight excluding hydrogens is 398 g/mol. The van der Waals surface area contributed by atoms with Crippen LogP contribution in [0.2, 0.25) is 0 Å². The summed E-state index contributed by atoms with van der Waals surface area (Å²) in [4.78, 5) is 26.8. The topological polar surface area (TPSA) is 62.6 Å². The lowest BCUT2D eigenvalue weighted by molar-refractivity contribution is -0.918. The molecule has 32 heavy (non-hydrogen) atoms. The fraction of sp³-hybridized carbons (Fsp3) is 0.704. The number of benzene rings is 1. The number of hydrogen-bond acceptors (Lipinski definition) is 2. The highest BCUT2D eigenvalue weighted by atomic mass is 16.2. The van der Waals surface area contributed by atoms with Gasteiger partial charge in [-0.1, -0.05) is 24.3 Å². The van der Waals surface area contributed by atoms with Crippen LogP contribution in [0.4, 0.5) is 0 Å². The third-order valence-electron chi connectivity index (χ3n) is 8.74. The minimum Gasteiger partial charge on any atom is -0.350 e. The van der Waals surface area contributed by atoms with E-state index in [1.807, 2.05) is 6.07 Å². The molecule has 1 aliphatic heterocycles. The fourth-order valence-electron chi connectivity index (χ4n) is 7.75. The molecular formula is C27H40N3O2+. The van der Waals surface area contributed by atoms with Gasteiger partial charge in [-0.3, -0.25) is 9.59 Å². The molecule has 1 saturated heterocycles. The van der Waals surface area contributed by atoms with Crippen molar-refractivity contribution in [2.75, 3.05) is 19.6 Å². The van der Waals surface area contributed by atoms with E-state index in [4.69, 9.17) is 0 Å². The van der Waals surface area contributed by atoms with Crippen LogP contribution in [0, 0.1) is 23.2 Å². The molecule has 1 aromatic carbocycles. The molecule has 4 aliphatic carbocycles. The van der Waals surface area contributed by atoms with Crippen LogP contribution < -0.4 is 15.5 Å². The zero-order valence-corrected chi connectivity index (χ0v) is 19.5. The Labute approximate surface area is 192 Å². The maximum Gasteiger partial charge on any atom is 0.239 e. The summed E-state index contributed by atoms with van der Waals surface area (Å²) in [5.74, 6) is 2.53. The van der Waals surface area contributed by atoms with Crippen LogP contribution in [0.1, 0.15) is 75.3 Å². The Hall–Kier alpha value is -1.88. The standard InChI is InChI=1S/C27H39N3O2/c31-25(16-27-13-20-10-21(14-27)12-22(11-20)15-27)29-18-26(32)28-17-23-6-2-3-7-24(23)19-30-8-4-1-5-9-30/h2-3,6-7,20-22H,1,4-5,8-19H2,(H,28,32)(H,29,31)/p+1. The highest BCUT2D eigenvalue weighted by molar-refractivity contribution is 5.85. The SMILES string of the molecule is O=C(CNC(=O)CC12CC3CC(CC(C3)C1)C2)NCc1ccccc1C[NH+]1CCCCC1. The predicted molar refractivity (Wildman–Crippen MR) is 125 cm³/mol. The first-order chi connectivity index (χ1) is 15.6. The number of amides is 2. The molecule has 6 rings (SSSR count). The lowest BCUT2D eigenvalue weighted by Gasteiger charge is -2.56. The number of likely N-dealkylation sites (tertiary alicyclic amines) is 1. The van der Waals surface area contributed by atoms with Gasteiger partial charge in [-0.25, -0.2) is 0 Å². The van der Waals surface area contributed by atoms with E-state index in [9.17, 15) is 9.59 Å². The monoisotopic (exact) mass is 438 g/mol. The number of nitrogens with one attached hydrogen (secondary N) is 3. The molecule has 2 amide bonds. The first kappa shape index (κ1) is 21.9. The second-order valence-corrected chi connectivity index (χ2v) is 11.4. The molecule has 0 unspecified atom stereocenters. The molecule has 5 heteroatoms. The van der Waals surface area contributed by atoms with Gasteiger partial charge in [-0.15, -0.1) is 0 Å². The zero-order valence-electron chi connectivity index (χ0n) is 19.5. The van der Waals surface area contributed by atoms with E-state index in [1.165, 1.54) is 82.0 Å². The van der Waals surface area contributed by atoms with Gasteiger partial charge in [0.15, 0.2) is 0 Å². The maximum atomic E-state index is 12.7. The molecule has 4 bridgehead atoms. The third kappa shape index (κ3) is 5.19. The van der Waals surface area contributed by atoms with Crippen molar-refractivity contribution in [1.29, 1.82) is 0 Å². The smallest absolute Gasteiger partial charge is 0.239 e. The summed E-state index contributed by atoms with van der Waals surface area (Å²) in [5, 5.41) is 5.95. The van der Waals surface area contributed by atoms with Crippen molar-refractivity contribution < 1.29 is 14.5 Å². The molecule has 0 atom stereocenters. The fourth-order valence-corrected chi connectivity index (χ4v) is 7.75. The average Bonchev–Trinajstić information content (AvgIpc) is 2.76. The molecule has 5 fully saturated rings. The Bertz CT molecular complexity index is 795. The first-order valence-electron chi connectivity index (χ1n) is 13.0. The van der Waals surface area contributed by atoms with Crippen LogP contribution >= 0.6 is 0 Å². The quantitative estimate of drug-likeness (QED) is 0.584. The van der Waals surface area contributed by atoms with Gasteiger partial charge in [0.25, 0.3) is 0 Å².